The fraction of sp³-hybridized carbons (Fsp3) is 0.500. The highest BCUT2D eigenvalue weighted by molar-refractivity contribution is 6.00. The van der Waals surface area contributed by atoms with E-state index in [-0.39, 0.29) is 18.4 Å². The summed E-state index contributed by atoms with van der Waals surface area (Å²) in [5.41, 5.74) is 0.294. The summed E-state index contributed by atoms with van der Waals surface area (Å²) in [6, 6.07) is 6.13. The largest absolute Gasteiger partial charge is 0.496 e. The molecule has 0 amide bonds. The van der Waals surface area contributed by atoms with Gasteiger partial charge in [0, 0.05) is 6.04 Å². The van der Waals surface area contributed by atoms with Gasteiger partial charge in [-0.1, -0.05) is 12.1 Å². The van der Waals surface area contributed by atoms with Crippen molar-refractivity contribution in [1.82, 2.24) is 4.90 Å². The van der Waals surface area contributed by atoms with E-state index in [0.29, 0.717) is 11.3 Å². The van der Waals surface area contributed by atoms with Crippen LogP contribution in [-0.4, -0.2) is 43.1 Å². The molecule has 20 heavy (non-hydrogen) atoms. The fourth-order valence-electron chi connectivity index (χ4n) is 1.80. The second-order valence-electron chi connectivity index (χ2n) is 4.74. The van der Waals surface area contributed by atoms with Gasteiger partial charge in [0.05, 0.1) is 25.8 Å². The molecule has 0 heterocycles. The molecule has 3 nitrogen and oxygen atoms in total. The minimum Gasteiger partial charge on any atom is -0.496 e. The number of Topliss-reactive ketones (excluding diaryl/α,β-unsaturated/α-hetero) is 1. The van der Waals surface area contributed by atoms with Crippen molar-refractivity contribution >= 4 is 5.78 Å². The molecule has 0 fully saturated rings. The Kier molecular flexibility index (Phi) is 5.56. The quantitative estimate of drug-likeness (QED) is 0.753. The van der Waals surface area contributed by atoms with Gasteiger partial charge >= 0.3 is 6.18 Å². The molecular formula is C14H18F3NO2. The first-order chi connectivity index (χ1) is 9.24. The number of hydrogen-bond acceptors (Lipinski definition) is 3. The number of methoxy groups -OCH3 is 1. The molecule has 1 aromatic rings. The van der Waals surface area contributed by atoms with E-state index in [9.17, 15) is 18.0 Å². The Labute approximate surface area is 116 Å². The first kappa shape index (κ1) is 16.5. The number of nitrogens with zero attached hydrogens (tertiary/aromatic N) is 1. The molecule has 1 aromatic carbocycles. The van der Waals surface area contributed by atoms with Crippen molar-refractivity contribution in [3.8, 4) is 5.75 Å². The fourth-order valence-corrected chi connectivity index (χ4v) is 1.80. The van der Waals surface area contributed by atoms with Gasteiger partial charge in [-0.05, 0) is 26.0 Å². The SMILES string of the molecule is COc1ccccc1C(=O)CN(CC(F)(F)F)C(C)C. The number of halogens is 3. The molecule has 6 heteroatoms. The summed E-state index contributed by atoms with van der Waals surface area (Å²) in [6.07, 6.45) is -4.33. The normalized spacial score (nSPS) is 12.0. The summed E-state index contributed by atoms with van der Waals surface area (Å²) in [4.78, 5) is 13.2. The number of hydrogen-bond donors (Lipinski definition) is 0. The van der Waals surface area contributed by atoms with Crippen molar-refractivity contribution in [2.45, 2.75) is 26.1 Å². The minimum absolute atomic E-state index is 0.294. The van der Waals surface area contributed by atoms with E-state index in [1.165, 1.54) is 7.11 Å². The predicted molar refractivity (Wildman–Crippen MR) is 70.1 cm³/mol. The van der Waals surface area contributed by atoms with Crippen LogP contribution >= 0.6 is 0 Å². The predicted octanol–water partition coefficient (Wildman–Crippen LogP) is 3.15. The number of alkyl halides is 3. The van der Waals surface area contributed by atoms with E-state index in [4.69, 9.17) is 4.74 Å². The Morgan fingerprint density at radius 2 is 1.90 bits per heavy atom. The van der Waals surface area contributed by atoms with Gasteiger partial charge in [0.1, 0.15) is 5.75 Å². The number of ether oxygens (including phenoxy) is 1. The number of ketones is 1. The lowest BCUT2D eigenvalue weighted by Gasteiger charge is -2.26. The molecule has 0 aliphatic carbocycles. The zero-order valence-corrected chi connectivity index (χ0v) is 11.7. The van der Waals surface area contributed by atoms with Crippen LogP contribution in [0.25, 0.3) is 0 Å². The molecule has 0 atom stereocenters. The summed E-state index contributed by atoms with van der Waals surface area (Å²) < 4.78 is 42.5. The van der Waals surface area contributed by atoms with Gasteiger partial charge in [0.15, 0.2) is 5.78 Å². The summed E-state index contributed by atoms with van der Waals surface area (Å²) in [7, 11) is 1.42. The average molecular weight is 289 g/mol. The Morgan fingerprint density at radius 3 is 2.40 bits per heavy atom. The third-order valence-electron chi connectivity index (χ3n) is 2.87. The van der Waals surface area contributed by atoms with E-state index in [0.717, 1.165) is 4.90 Å². The van der Waals surface area contributed by atoms with E-state index >= 15 is 0 Å². The first-order valence-corrected chi connectivity index (χ1v) is 6.21. The van der Waals surface area contributed by atoms with E-state index < -0.39 is 12.7 Å². The molecule has 0 saturated heterocycles. The molecule has 0 aliphatic heterocycles. The first-order valence-electron chi connectivity index (χ1n) is 6.21. The maximum Gasteiger partial charge on any atom is 0.401 e. The Balaban J connectivity index is 2.86. The third-order valence-corrected chi connectivity index (χ3v) is 2.87. The maximum atomic E-state index is 12.5. The van der Waals surface area contributed by atoms with Crippen molar-refractivity contribution in [2.24, 2.45) is 0 Å². The van der Waals surface area contributed by atoms with Crippen LogP contribution in [0, 0.1) is 0 Å². The minimum atomic E-state index is -4.33. The third kappa shape index (κ3) is 4.85. The van der Waals surface area contributed by atoms with Gasteiger partial charge in [-0.2, -0.15) is 13.2 Å². The lowest BCUT2D eigenvalue weighted by Crippen LogP contribution is -2.42. The van der Waals surface area contributed by atoms with Crippen LogP contribution in [0.3, 0.4) is 0 Å². The van der Waals surface area contributed by atoms with Crippen molar-refractivity contribution in [2.75, 3.05) is 20.2 Å². The van der Waals surface area contributed by atoms with Crippen molar-refractivity contribution < 1.29 is 22.7 Å². The zero-order chi connectivity index (χ0) is 15.3. The Bertz CT molecular complexity index is 458. The maximum absolute atomic E-state index is 12.5. The molecule has 0 radical (unpaired) electrons. The molecule has 0 bridgehead atoms. The van der Waals surface area contributed by atoms with Crippen molar-refractivity contribution in [3.05, 3.63) is 29.8 Å². The zero-order valence-electron chi connectivity index (χ0n) is 11.7. The summed E-state index contributed by atoms with van der Waals surface area (Å²) in [6.45, 7) is 1.85. The highest BCUT2D eigenvalue weighted by atomic mass is 19.4. The van der Waals surface area contributed by atoms with Gasteiger partial charge in [-0.15, -0.1) is 0 Å². The van der Waals surface area contributed by atoms with E-state index in [1.54, 1.807) is 38.1 Å². The van der Waals surface area contributed by atoms with Crippen molar-refractivity contribution in [1.29, 1.82) is 0 Å². The van der Waals surface area contributed by atoms with Gasteiger partial charge in [-0.25, -0.2) is 0 Å². The second kappa shape index (κ2) is 6.74. The molecule has 0 N–H and O–H groups in total. The van der Waals surface area contributed by atoms with E-state index in [1.807, 2.05) is 0 Å². The molecule has 112 valence electrons. The van der Waals surface area contributed by atoms with Crippen LogP contribution in [-0.2, 0) is 0 Å². The van der Waals surface area contributed by atoms with Crippen LogP contribution in [0.2, 0.25) is 0 Å². The highest BCUT2D eigenvalue weighted by Gasteiger charge is 2.32. The average Bonchev–Trinajstić information content (AvgIpc) is 2.36. The Hall–Kier alpha value is -1.56. The van der Waals surface area contributed by atoms with Crippen LogP contribution in [0.4, 0.5) is 13.2 Å². The second-order valence-corrected chi connectivity index (χ2v) is 4.74. The smallest absolute Gasteiger partial charge is 0.401 e. The van der Waals surface area contributed by atoms with Gasteiger partial charge < -0.3 is 4.74 Å². The van der Waals surface area contributed by atoms with Crippen molar-refractivity contribution in [3.63, 3.8) is 0 Å². The molecule has 0 unspecified atom stereocenters. The number of carbonyl (C=O) groups is 1. The Morgan fingerprint density at radius 1 is 1.30 bits per heavy atom. The molecule has 0 aromatic heterocycles. The highest BCUT2D eigenvalue weighted by Crippen LogP contribution is 2.21. The van der Waals surface area contributed by atoms with E-state index in [2.05, 4.69) is 0 Å². The molecule has 0 saturated carbocycles. The molecule has 1 rings (SSSR count). The number of carbonyl (C=O) groups excluding carboxylic acids is 1. The van der Waals surface area contributed by atoms with Crippen LogP contribution in [0.1, 0.15) is 24.2 Å². The van der Waals surface area contributed by atoms with Crippen LogP contribution in [0.15, 0.2) is 24.3 Å². The van der Waals surface area contributed by atoms with Gasteiger partial charge in [0.2, 0.25) is 0 Å². The molecule has 0 aliphatic rings. The summed E-state index contributed by atoms with van der Waals surface area (Å²) in [5, 5.41) is 0. The van der Waals surface area contributed by atoms with Crippen LogP contribution < -0.4 is 4.74 Å². The number of rotatable bonds is 6. The van der Waals surface area contributed by atoms with Crippen LogP contribution in [0.5, 0.6) is 5.75 Å². The lowest BCUT2D eigenvalue weighted by molar-refractivity contribution is -0.148. The number of benzene rings is 1. The summed E-state index contributed by atoms with van der Waals surface area (Å²) >= 11 is 0. The standard InChI is InChI=1S/C14H18F3NO2/c1-10(2)18(9-14(15,16)17)8-12(19)11-6-4-5-7-13(11)20-3/h4-7,10H,8-9H2,1-3H3. The molecular weight excluding hydrogens is 271 g/mol. The summed E-state index contributed by atoms with van der Waals surface area (Å²) in [5.74, 6) is -0.0198. The molecule has 0 spiro atoms. The van der Waals surface area contributed by atoms with Gasteiger partial charge in [0.25, 0.3) is 0 Å². The lowest BCUT2D eigenvalue weighted by atomic mass is 10.1. The monoisotopic (exact) mass is 289 g/mol. The topological polar surface area (TPSA) is 29.5 Å². The van der Waals surface area contributed by atoms with Gasteiger partial charge in [-0.3, -0.25) is 9.69 Å². The number of para-hydroxylation sites is 1.